The van der Waals surface area contributed by atoms with Crippen LogP contribution in [0.25, 0.3) is 0 Å². The highest BCUT2D eigenvalue weighted by molar-refractivity contribution is 9.10. The lowest BCUT2D eigenvalue weighted by Crippen LogP contribution is -2.34. The van der Waals surface area contributed by atoms with E-state index >= 15 is 0 Å². The second-order valence-corrected chi connectivity index (χ2v) is 5.26. The van der Waals surface area contributed by atoms with Gasteiger partial charge in [0.1, 0.15) is 5.88 Å². The predicted octanol–water partition coefficient (Wildman–Crippen LogP) is 2.32. The van der Waals surface area contributed by atoms with E-state index in [1.807, 2.05) is 24.3 Å². The topological polar surface area (TPSA) is 40.5 Å². The predicted molar refractivity (Wildman–Crippen MR) is 69.9 cm³/mol. The molecule has 92 valence electrons. The van der Waals surface area contributed by atoms with E-state index in [0.29, 0.717) is 13.0 Å². The first kappa shape index (κ1) is 12.9. The monoisotopic (exact) mass is 317 g/mol. The maximum absolute atomic E-state index is 11.7. The van der Waals surface area contributed by atoms with Crippen LogP contribution in [-0.4, -0.2) is 34.4 Å². The number of halogens is 2. The molecule has 1 amide bonds. The lowest BCUT2D eigenvalue weighted by atomic mass is 10.0. The molecule has 0 bridgehead atoms. The molecular formula is C12H13BrClNO2. The summed E-state index contributed by atoms with van der Waals surface area (Å²) >= 11 is 8.94. The Morgan fingerprint density at radius 2 is 2.12 bits per heavy atom. The fraction of sp³-hybridized carbons (Fsp3) is 0.417. The van der Waals surface area contributed by atoms with Crippen molar-refractivity contribution in [2.24, 2.45) is 0 Å². The van der Waals surface area contributed by atoms with Gasteiger partial charge in [-0.1, -0.05) is 28.1 Å². The number of carbonyl (C=O) groups is 1. The highest BCUT2D eigenvalue weighted by atomic mass is 79.9. The molecule has 0 aliphatic carbocycles. The van der Waals surface area contributed by atoms with Gasteiger partial charge in [0.2, 0.25) is 5.91 Å². The van der Waals surface area contributed by atoms with Crippen molar-refractivity contribution in [3.63, 3.8) is 0 Å². The minimum absolute atomic E-state index is 0.0419. The van der Waals surface area contributed by atoms with Crippen molar-refractivity contribution in [2.75, 3.05) is 12.4 Å². The Bertz CT molecular complexity index is 409. The molecule has 3 nitrogen and oxygen atoms in total. The van der Waals surface area contributed by atoms with E-state index in [-0.39, 0.29) is 17.8 Å². The van der Waals surface area contributed by atoms with Gasteiger partial charge in [-0.3, -0.25) is 4.79 Å². The average Bonchev–Trinajstić information content (AvgIpc) is 2.71. The number of hydrogen-bond acceptors (Lipinski definition) is 2. The Labute approximate surface area is 114 Å². The lowest BCUT2D eigenvalue weighted by Gasteiger charge is -2.26. The van der Waals surface area contributed by atoms with E-state index in [1.54, 1.807) is 4.90 Å². The molecular weight excluding hydrogens is 305 g/mol. The summed E-state index contributed by atoms with van der Waals surface area (Å²) in [7, 11) is 0. The van der Waals surface area contributed by atoms with Gasteiger partial charge in [0.25, 0.3) is 0 Å². The van der Waals surface area contributed by atoms with Gasteiger partial charge in [0.15, 0.2) is 0 Å². The third-order valence-electron chi connectivity index (χ3n) is 3.01. The number of alkyl halides is 1. The van der Waals surface area contributed by atoms with E-state index in [9.17, 15) is 9.90 Å². The Hall–Kier alpha value is -0.580. The zero-order valence-electron chi connectivity index (χ0n) is 9.14. The van der Waals surface area contributed by atoms with E-state index in [1.165, 1.54) is 0 Å². The van der Waals surface area contributed by atoms with E-state index in [0.717, 1.165) is 10.0 Å². The summed E-state index contributed by atoms with van der Waals surface area (Å²) in [6.07, 6.45) is 0.0898. The second kappa shape index (κ2) is 5.38. The van der Waals surface area contributed by atoms with Gasteiger partial charge in [0.05, 0.1) is 12.1 Å². The van der Waals surface area contributed by atoms with Crippen LogP contribution < -0.4 is 0 Å². The van der Waals surface area contributed by atoms with Gasteiger partial charge in [0, 0.05) is 11.0 Å². The Morgan fingerprint density at radius 1 is 1.47 bits per heavy atom. The van der Waals surface area contributed by atoms with Crippen LogP contribution >= 0.6 is 27.5 Å². The summed E-state index contributed by atoms with van der Waals surface area (Å²) in [5.74, 6) is -0.170. The van der Waals surface area contributed by atoms with Crippen LogP contribution in [0.15, 0.2) is 28.7 Å². The molecule has 1 saturated heterocycles. The third kappa shape index (κ3) is 2.64. The smallest absolute Gasteiger partial charge is 0.238 e. The average molecular weight is 319 g/mol. The van der Waals surface area contributed by atoms with Crippen molar-refractivity contribution in [3.8, 4) is 0 Å². The van der Waals surface area contributed by atoms with Crippen LogP contribution in [0.4, 0.5) is 0 Å². The molecule has 1 aromatic rings. The van der Waals surface area contributed by atoms with Crippen molar-refractivity contribution in [1.82, 2.24) is 4.90 Å². The van der Waals surface area contributed by atoms with E-state index in [4.69, 9.17) is 11.6 Å². The largest absolute Gasteiger partial charge is 0.391 e. The number of aliphatic hydroxyl groups is 1. The minimum Gasteiger partial charge on any atom is -0.391 e. The standard InChI is InChI=1S/C12H13BrClNO2/c13-9-3-1-8(2-4-9)12-10(16)5-6-15(12)11(17)7-14/h1-4,10,12,16H,5-7H2/t10-,12-/m1/s1. The SMILES string of the molecule is O=C(CCl)N1CC[C@@H](O)[C@H]1c1ccc(Br)cc1. The van der Waals surface area contributed by atoms with E-state index in [2.05, 4.69) is 15.9 Å². The third-order valence-corrected chi connectivity index (χ3v) is 3.77. The fourth-order valence-corrected chi connectivity index (χ4v) is 2.61. The molecule has 2 rings (SSSR count). The summed E-state index contributed by atoms with van der Waals surface area (Å²) < 4.78 is 0.976. The van der Waals surface area contributed by atoms with Crippen LogP contribution in [-0.2, 0) is 4.79 Å². The first-order valence-corrected chi connectivity index (χ1v) is 6.75. The Morgan fingerprint density at radius 3 is 2.71 bits per heavy atom. The molecule has 1 N–H and O–H groups in total. The molecule has 1 fully saturated rings. The van der Waals surface area contributed by atoms with Gasteiger partial charge >= 0.3 is 0 Å². The fourth-order valence-electron chi connectivity index (χ4n) is 2.19. The molecule has 1 aliphatic rings. The molecule has 1 aliphatic heterocycles. The Kier molecular flexibility index (Phi) is 4.07. The highest BCUT2D eigenvalue weighted by Gasteiger charge is 2.36. The van der Waals surface area contributed by atoms with Gasteiger partial charge in [-0.25, -0.2) is 0 Å². The number of amides is 1. The highest BCUT2D eigenvalue weighted by Crippen LogP contribution is 2.33. The molecule has 2 atom stereocenters. The number of likely N-dealkylation sites (tertiary alicyclic amines) is 1. The number of aliphatic hydroxyl groups excluding tert-OH is 1. The summed E-state index contributed by atoms with van der Waals surface area (Å²) in [5, 5.41) is 9.98. The molecule has 1 aromatic carbocycles. The van der Waals surface area contributed by atoms with Crippen LogP contribution in [0, 0.1) is 0 Å². The summed E-state index contributed by atoms with van der Waals surface area (Å²) in [5.41, 5.74) is 0.941. The second-order valence-electron chi connectivity index (χ2n) is 4.07. The quantitative estimate of drug-likeness (QED) is 0.850. The van der Waals surface area contributed by atoms with Crippen LogP contribution in [0.3, 0.4) is 0 Å². The molecule has 1 heterocycles. The summed E-state index contributed by atoms with van der Waals surface area (Å²) in [4.78, 5) is 13.3. The maximum Gasteiger partial charge on any atom is 0.238 e. The van der Waals surface area contributed by atoms with Gasteiger partial charge in [-0.15, -0.1) is 11.6 Å². The molecule has 0 radical (unpaired) electrons. The first-order valence-electron chi connectivity index (χ1n) is 5.42. The molecule has 0 aromatic heterocycles. The molecule has 17 heavy (non-hydrogen) atoms. The normalized spacial score (nSPS) is 24.1. The maximum atomic E-state index is 11.7. The van der Waals surface area contributed by atoms with Crippen LogP contribution in [0.2, 0.25) is 0 Å². The number of nitrogens with zero attached hydrogens (tertiary/aromatic N) is 1. The zero-order chi connectivity index (χ0) is 12.4. The van der Waals surface area contributed by atoms with Crippen LogP contribution in [0.5, 0.6) is 0 Å². The minimum atomic E-state index is -0.511. The molecule has 0 unspecified atom stereocenters. The van der Waals surface area contributed by atoms with Crippen LogP contribution in [0.1, 0.15) is 18.0 Å². The molecule has 0 saturated carbocycles. The number of hydrogen-bond donors (Lipinski definition) is 1. The molecule has 0 spiro atoms. The van der Waals surface area contributed by atoms with Gasteiger partial charge in [-0.2, -0.15) is 0 Å². The lowest BCUT2D eigenvalue weighted by molar-refractivity contribution is -0.130. The number of carbonyl (C=O) groups excluding carboxylic acids is 1. The van der Waals surface area contributed by atoms with Crippen molar-refractivity contribution in [1.29, 1.82) is 0 Å². The van der Waals surface area contributed by atoms with Crippen molar-refractivity contribution in [2.45, 2.75) is 18.6 Å². The van der Waals surface area contributed by atoms with Crippen molar-refractivity contribution in [3.05, 3.63) is 34.3 Å². The van der Waals surface area contributed by atoms with Gasteiger partial charge in [-0.05, 0) is 24.1 Å². The Balaban J connectivity index is 2.27. The number of benzene rings is 1. The number of rotatable bonds is 2. The van der Waals surface area contributed by atoms with Crippen molar-refractivity contribution < 1.29 is 9.90 Å². The first-order chi connectivity index (χ1) is 8.13. The summed E-state index contributed by atoms with van der Waals surface area (Å²) in [6, 6.07) is 7.37. The summed E-state index contributed by atoms with van der Waals surface area (Å²) in [6.45, 7) is 0.563. The molecule has 5 heteroatoms. The van der Waals surface area contributed by atoms with E-state index < -0.39 is 6.10 Å². The van der Waals surface area contributed by atoms with Crippen molar-refractivity contribution >= 4 is 33.4 Å². The zero-order valence-corrected chi connectivity index (χ0v) is 11.5. The van der Waals surface area contributed by atoms with Gasteiger partial charge < -0.3 is 10.0 Å².